The highest BCUT2D eigenvalue weighted by Crippen LogP contribution is 2.22. The Morgan fingerprint density at radius 2 is 2.19 bits per heavy atom. The van der Waals surface area contributed by atoms with E-state index >= 15 is 0 Å². The van der Waals surface area contributed by atoms with Crippen LogP contribution < -0.4 is 10.4 Å². The molecule has 0 aliphatic rings. The van der Waals surface area contributed by atoms with Gasteiger partial charge in [-0.2, -0.15) is 4.98 Å². The Morgan fingerprint density at radius 1 is 1.48 bits per heavy atom. The van der Waals surface area contributed by atoms with Gasteiger partial charge < -0.3 is 24.5 Å². The molecular formula is C14H17ClN3O3-. The molecular weight excluding hydrogens is 294 g/mol. The lowest BCUT2D eigenvalue weighted by Crippen LogP contribution is -2.53. The molecule has 6 nitrogen and oxygen atoms in total. The summed E-state index contributed by atoms with van der Waals surface area (Å²) in [6.07, 6.45) is -1.20. The van der Waals surface area contributed by atoms with Crippen LogP contribution in [0.1, 0.15) is 20.8 Å². The third-order valence-corrected chi connectivity index (χ3v) is 3.23. The molecule has 7 heteroatoms. The molecule has 0 saturated carbocycles. The lowest BCUT2D eigenvalue weighted by molar-refractivity contribution is -0.270. The second-order valence-electron chi connectivity index (χ2n) is 5.65. The number of hydrogen-bond donors (Lipinski definition) is 1. The van der Waals surface area contributed by atoms with Gasteiger partial charge in [0.2, 0.25) is 0 Å². The van der Waals surface area contributed by atoms with E-state index in [4.69, 9.17) is 16.0 Å². The van der Waals surface area contributed by atoms with Gasteiger partial charge in [-0.1, -0.05) is 11.6 Å². The van der Waals surface area contributed by atoms with Crippen molar-refractivity contribution in [2.24, 2.45) is 0 Å². The molecule has 0 radical (unpaired) electrons. The standard InChI is InChI=1S/C14H18ClN3O3/c1-14(2,3)18(13(19)20)7-6-16-12-17-10-8-9(15)4-5-11(10)21-12/h4-5,8H,6-7H2,1-3H3,(H,16,17)(H,19,20)/p-1. The SMILES string of the molecule is CC(C)(C)N(CCNc1nc2cc(Cl)ccc2o1)C(=O)[O-]. The number of hydrogen-bond acceptors (Lipinski definition) is 5. The second kappa shape index (κ2) is 5.81. The summed E-state index contributed by atoms with van der Waals surface area (Å²) < 4.78 is 5.49. The molecule has 0 aliphatic heterocycles. The summed E-state index contributed by atoms with van der Waals surface area (Å²) in [5, 5.41) is 14.6. The molecule has 1 amide bonds. The number of nitrogens with zero attached hydrogens (tertiary/aromatic N) is 2. The Bertz CT molecular complexity index is 648. The molecule has 21 heavy (non-hydrogen) atoms. The van der Waals surface area contributed by atoms with Gasteiger partial charge in [-0.25, -0.2) is 0 Å². The normalized spacial score (nSPS) is 11.6. The fourth-order valence-corrected chi connectivity index (χ4v) is 2.12. The Hall–Kier alpha value is -1.95. The largest absolute Gasteiger partial charge is 0.530 e. The summed E-state index contributed by atoms with van der Waals surface area (Å²) in [7, 11) is 0. The maximum atomic E-state index is 11.1. The summed E-state index contributed by atoms with van der Waals surface area (Å²) in [6, 6.07) is 5.49. The van der Waals surface area contributed by atoms with Crippen LogP contribution in [0.4, 0.5) is 10.8 Å². The van der Waals surface area contributed by atoms with Crippen LogP contribution in [0.2, 0.25) is 5.02 Å². The molecule has 1 aromatic heterocycles. The van der Waals surface area contributed by atoms with Gasteiger partial charge in [-0.15, -0.1) is 0 Å². The fourth-order valence-electron chi connectivity index (χ4n) is 1.95. The highest BCUT2D eigenvalue weighted by atomic mass is 35.5. The van der Waals surface area contributed by atoms with Crippen LogP contribution in [0.25, 0.3) is 11.1 Å². The number of halogens is 1. The number of rotatable bonds is 4. The zero-order valence-electron chi connectivity index (χ0n) is 12.1. The number of amides is 1. The van der Waals surface area contributed by atoms with E-state index in [0.717, 1.165) is 0 Å². The summed E-state index contributed by atoms with van der Waals surface area (Å²) in [6.45, 7) is 6.07. The minimum Gasteiger partial charge on any atom is -0.530 e. The summed E-state index contributed by atoms with van der Waals surface area (Å²) in [5.41, 5.74) is 0.752. The summed E-state index contributed by atoms with van der Waals surface area (Å²) >= 11 is 5.88. The van der Waals surface area contributed by atoms with E-state index in [1.165, 1.54) is 4.90 Å². The molecule has 2 rings (SSSR count). The molecule has 1 heterocycles. The number of oxazole rings is 1. The maximum Gasteiger partial charge on any atom is 0.295 e. The number of carbonyl (C=O) groups excluding carboxylic acids is 1. The van der Waals surface area contributed by atoms with Crippen LogP contribution in [0.15, 0.2) is 22.6 Å². The highest BCUT2D eigenvalue weighted by Gasteiger charge is 2.20. The van der Waals surface area contributed by atoms with Crippen molar-refractivity contribution >= 4 is 34.8 Å². The molecule has 0 aliphatic carbocycles. The average Bonchev–Trinajstić information content (AvgIpc) is 2.74. The molecule has 114 valence electrons. The van der Waals surface area contributed by atoms with Gasteiger partial charge >= 0.3 is 0 Å². The first kappa shape index (κ1) is 15.4. The fraction of sp³-hybridized carbons (Fsp3) is 0.429. The van der Waals surface area contributed by atoms with E-state index in [9.17, 15) is 9.90 Å². The lowest BCUT2D eigenvalue weighted by Gasteiger charge is -2.37. The van der Waals surface area contributed by atoms with Crippen molar-refractivity contribution in [1.82, 2.24) is 9.88 Å². The molecule has 0 unspecified atom stereocenters. The Balaban J connectivity index is 2.00. The zero-order valence-corrected chi connectivity index (χ0v) is 12.9. The van der Waals surface area contributed by atoms with Gasteiger partial charge in [-0.05, 0) is 39.0 Å². The van der Waals surface area contributed by atoms with Gasteiger partial charge in [0.25, 0.3) is 6.01 Å². The highest BCUT2D eigenvalue weighted by molar-refractivity contribution is 6.31. The van der Waals surface area contributed by atoms with Crippen molar-refractivity contribution in [3.8, 4) is 0 Å². The molecule has 0 spiro atoms. The van der Waals surface area contributed by atoms with Gasteiger partial charge in [0.1, 0.15) is 11.6 Å². The quantitative estimate of drug-likeness (QED) is 0.937. The zero-order chi connectivity index (χ0) is 15.6. The Morgan fingerprint density at radius 3 is 2.81 bits per heavy atom. The van der Waals surface area contributed by atoms with E-state index < -0.39 is 11.6 Å². The molecule has 2 aromatic rings. The van der Waals surface area contributed by atoms with Crippen LogP contribution in [0.5, 0.6) is 0 Å². The third-order valence-electron chi connectivity index (χ3n) is 2.99. The first-order valence-corrected chi connectivity index (χ1v) is 6.94. The van der Waals surface area contributed by atoms with E-state index in [-0.39, 0.29) is 6.54 Å². The molecule has 0 bridgehead atoms. The smallest absolute Gasteiger partial charge is 0.295 e. The molecule has 0 atom stereocenters. The van der Waals surface area contributed by atoms with Gasteiger partial charge in [0.15, 0.2) is 5.58 Å². The van der Waals surface area contributed by atoms with Gasteiger partial charge in [0.05, 0.1) is 0 Å². The monoisotopic (exact) mass is 310 g/mol. The van der Waals surface area contributed by atoms with Crippen molar-refractivity contribution in [3.05, 3.63) is 23.2 Å². The topological polar surface area (TPSA) is 81.4 Å². The summed E-state index contributed by atoms with van der Waals surface area (Å²) in [5.74, 6) is 0. The molecule has 1 N–H and O–H groups in total. The van der Waals surface area contributed by atoms with Crippen molar-refractivity contribution in [2.75, 3.05) is 18.4 Å². The second-order valence-corrected chi connectivity index (χ2v) is 6.08. The number of fused-ring (bicyclic) bond motifs is 1. The minimum atomic E-state index is -1.20. The van der Waals surface area contributed by atoms with Crippen LogP contribution in [0, 0.1) is 0 Å². The van der Waals surface area contributed by atoms with Crippen LogP contribution >= 0.6 is 11.6 Å². The number of nitrogens with one attached hydrogen (secondary N) is 1. The van der Waals surface area contributed by atoms with E-state index in [0.29, 0.717) is 28.7 Å². The minimum absolute atomic E-state index is 0.269. The van der Waals surface area contributed by atoms with Gasteiger partial charge in [-0.3, -0.25) is 0 Å². The first-order valence-electron chi connectivity index (χ1n) is 6.56. The number of aromatic nitrogens is 1. The van der Waals surface area contributed by atoms with E-state index in [1.807, 2.05) is 20.8 Å². The maximum absolute atomic E-state index is 11.1. The Labute approximate surface area is 127 Å². The molecule has 0 saturated heterocycles. The van der Waals surface area contributed by atoms with Gasteiger partial charge in [0, 0.05) is 23.7 Å². The van der Waals surface area contributed by atoms with Crippen molar-refractivity contribution < 1.29 is 14.3 Å². The lowest BCUT2D eigenvalue weighted by atomic mass is 10.1. The number of anilines is 1. The average molecular weight is 311 g/mol. The third kappa shape index (κ3) is 3.78. The molecule has 0 fully saturated rings. The van der Waals surface area contributed by atoms with Crippen LogP contribution in [-0.4, -0.2) is 34.6 Å². The molecule has 1 aromatic carbocycles. The summed E-state index contributed by atoms with van der Waals surface area (Å²) in [4.78, 5) is 16.6. The Kier molecular flexibility index (Phi) is 4.27. The van der Waals surface area contributed by atoms with Crippen molar-refractivity contribution in [3.63, 3.8) is 0 Å². The van der Waals surface area contributed by atoms with E-state index in [1.54, 1.807) is 18.2 Å². The van der Waals surface area contributed by atoms with E-state index in [2.05, 4.69) is 10.3 Å². The van der Waals surface area contributed by atoms with Crippen LogP contribution in [0.3, 0.4) is 0 Å². The first-order chi connectivity index (χ1) is 9.77. The van der Waals surface area contributed by atoms with Crippen molar-refractivity contribution in [2.45, 2.75) is 26.3 Å². The number of carboxylic acid groups (broad SMARTS) is 1. The van der Waals surface area contributed by atoms with Crippen LogP contribution in [-0.2, 0) is 0 Å². The predicted molar refractivity (Wildman–Crippen MR) is 79.4 cm³/mol. The predicted octanol–water partition coefficient (Wildman–Crippen LogP) is 2.34. The van der Waals surface area contributed by atoms with Crippen molar-refractivity contribution in [1.29, 1.82) is 0 Å². The number of benzene rings is 1. The number of carbonyl (C=O) groups is 1.